The van der Waals surface area contributed by atoms with Gasteiger partial charge in [0.1, 0.15) is 12.2 Å². The number of carboxylic acid groups (broad SMARTS) is 1. The third-order valence-electron chi connectivity index (χ3n) is 7.41. The number of fused-ring (bicyclic) bond motifs is 1. The number of carbonyl (C=O) groups excluding carboxylic acids is 2. The monoisotopic (exact) mass is 821 g/mol. The smallest absolute Gasteiger partial charge is 0.335 e. The van der Waals surface area contributed by atoms with Gasteiger partial charge in [0.25, 0.3) is 5.91 Å². The maximum absolute atomic E-state index is 14.1. The van der Waals surface area contributed by atoms with Crippen LogP contribution in [-0.2, 0) is 20.9 Å². The average molecular weight is 822 g/mol. The maximum Gasteiger partial charge on any atom is 0.335 e. The number of amides is 2. The van der Waals surface area contributed by atoms with Crippen LogP contribution in [0.3, 0.4) is 0 Å². The Morgan fingerprint density at radius 1 is 1.05 bits per heavy atom. The molecule has 0 unspecified atom stereocenters. The number of anilines is 1. The Morgan fingerprint density at radius 2 is 1.72 bits per heavy atom. The van der Waals surface area contributed by atoms with Crippen LogP contribution in [0.15, 0.2) is 60.7 Å². The van der Waals surface area contributed by atoms with Crippen LogP contribution in [0.2, 0.25) is 5.02 Å². The summed E-state index contributed by atoms with van der Waals surface area (Å²) < 4.78 is 6.53. The maximum atomic E-state index is 14.1. The van der Waals surface area contributed by atoms with E-state index in [1.165, 1.54) is 12.1 Å². The number of rotatable bonds is 9. The van der Waals surface area contributed by atoms with Crippen LogP contribution >= 0.6 is 11.6 Å². The summed E-state index contributed by atoms with van der Waals surface area (Å²) in [5, 5.41) is 22.4. The average Bonchev–Trinajstić information content (AvgIpc) is 3.04. The summed E-state index contributed by atoms with van der Waals surface area (Å²) in [5.74, 6) is -1.81. The summed E-state index contributed by atoms with van der Waals surface area (Å²) in [6, 6.07) is 17.4. The van der Waals surface area contributed by atoms with Gasteiger partial charge in [0.15, 0.2) is 0 Å². The zero-order valence-corrected chi connectivity index (χ0v) is 29.7. The molecule has 0 saturated carbocycles. The number of carbonyl (C=O) groups is 3. The van der Waals surface area contributed by atoms with Crippen molar-refractivity contribution in [3.05, 3.63) is 99.1 Å². The van der Waals surface area contributed by atoms with Gasteiger partial charge in [0.2, 0.25) is 5.91 Å². The minimum Gasteiger partial charge on any atom is -0.478 e. The molecule has 0 aromatic heterocycles. The van der Waals surface area contributed by atoms with E-state index in [0.29, 0.717) is 16.3 Å². The van der Waals surface area contributed by atoms with Crippen LogP contribution in [0.1, 0.15) is 72.0 Å². The van der Waals surface area contributed by atoms with Crippen LogP contribution in [0, 0.1) is 63.3 Å². The number of hydrogen-bond acceptors (Lipinski definition) is 5. The Labute approximate surface area is 294 Å². The van der Waals surface area contributed by atoms with E-state index < -0.39 is 29.5 Å². The predicted octanol–water partition coefficient (Wildman–Crippen LogP) is 5.84. The number of aryl methyl sites for hydroxylation is 1. The molecule has 43 heavy (non-hydrogen) atoms. The molecular formula is C33H39AcClN2O6. The van der Waals surface area contributed by atoms with Crippen molar-refractivity contribution in [2.24, 2.45) is 5.41 Å². The van der Waals surface area contributed by atoms with Gasteiger partial charge >= 0.3 is 5.97 Å². The van der Waals surface area contributed by atoms with E-state index in [9.17, 15) is 19.5 Å². The first-order valence-electron chi connectivity index (χ1n) is 13.4. The molecule has 8 nitrogen and oxygen atoms in total. The van der Waals surface area contributed by atoms with Gasteiger partial charge in [0, 0.05) is 85.4 Å². The van der Waals surface area contributed by atoms with E-state index in [-0.39, 0.29) is 89.1 Å². The number of nitrogens with one attached hydrogen (secondary N) is 1. The van der Waals surface area contributed by atoms with Crippen molar-refractivity contribution in [1.82, 2.24) is 5.32 Å². The molecule has 1 radical (unpaired) electrons. The number of aliphatic hydroxyl groups excluding tert-OH is 1. The van der Waals surface area contributed by atoms with Crippen molar-refractivity contribution in [2.45, 2.75) is 60.3 Å². The normalized spacial score (nSPS) is 16.3. The molecule has 3 aromatic rings. The van der Waals surface area contributed by atoms with E-state index in [1.807, 2.05) is 45.9 Å². The Bertz CT molecular complexity index is 1460. The number of hydrogen-bond donors (Lipinski definition) is 3. The van der Waals surface area contributed by atoms with Gasteiger partial charge in [0.05, 0.1) is 12.0 Å². The first-order valence-corrected chi connectivity index (χ1v) is 13.8. The molecule has 1 aliphatic rings. The fourth-order valence-corrected chi connectivity index (χ4v) is 5.03. The fraction of sp³-hybridized carbons (Fsp3) is 0.364. The van der Waals surface area contributed by atoms with Crippen molar-refractivity contribution in [2.75, 3.05) is 18.1 Å². The van der Waals surface area contributed by atoms with E-state index in [4.69, 9.17) is 21.4 Å². The van der Waals surface area contributed by atoms with Crippen molar-refractivity contribution in [1.29, 1.82) is 0 Å². The molecule has 0 spiro atoms. The van der Waals surface area contributed by atoms with Gasteiger partial charge in [-0.25, -0.2) is 4.79 Å². The Kier molecular flexibility index (Phi) is 13.4. The molecule has 4 rings (SSSR count). The topological polar surface area (TPSA) is 116 Å². The van der Waals surface area contributed by atoms with E-state index in [2.05, 4.69) is 5.32 Å². The second kappa shape index (κ2) is 15.6. The summed E-state index contributed by atoms with van der Waals surface area (Å²) in [5.41, 5.74) is 4.51. The van der Waals surface area contributed by atoms with Gasteiger partial charge in [-0.3, -0.25) is 9.59 Å². The van der Waals surface area contributed by atoms with Crippen LogP contribution in [0.25, 0.3) is 0 Å². The molecule has 0 aliphatic carbocycles. The SMILES string of the molecule is C.Cc1cccc([C@H]2O[C@H](CC(=O)NCc3ccc(C(=O)O)cc3)C(=O)N(CC(C)(C)CO)c3ccc(Cl)cc32)c1C.[Ac]. The van der Waals surface area contributed by atoms with E-state index in [0.717, 1.165) is 22.3 Å². The molecule has 2 amide bonds. The Morgan fingerprint density at radius 3 is 2.35 bits per heavy atom. The summed E-state index contributed by atoms with van der Waals surface area (Å²) in [6.07, 6.45) is -2.02. The molecule has 10 heteroatoms. The standard InChI is InChI=1S/C32H35ClN2O6.CH4.Ac/c1-19-6-5-7-24(20(19)2)29-25-14-23(33)12-13-26(25)35(17-32(3,4)18-36)30(38)27(41-29)15-28(37)34-16-21-8-10-22(11-9-21)31(39)40;;/h5-14,27,29,36H,15-18H2,1-4H3,(H,34,37)(H,39,40);1H4;/t27-,29-;;/m1../s1. The molecule has 2 atom stereocenters. The van der Waals surface area contributed by atoms with Crippen molar-refractivity contribution in [3.8, 4) is 0 Å². The molecule has 0 bridgehead atoms. The van der Waals surface area contributed by atoms with Crippen LogP contribution < -0.4 is 10.2 Å². The minimum atomic E-state index is -1.12. The summed E-state index contributed by atoms with van der Waals surface area (Å²) >= 11 is 6.45. The minimum absolute atomic E-state index is 0. The fourth-order valence-electron chi connectivity index (χ4n) is 4.85. The molecular weight excluding hydrogens is 783 g/mol. The van der Waals surface area contributed by atoms with Crippen molar-refractivity contribution < 1.29 is 73.4 Å². The van der Waals surface area contributed by atoms with Crippen molar-refractivity contribution in [3.63, 3.8) is 0 Å². The molecule has 227 valence electrons. The number of halogens is 1. The van der Waals surface area contributed by atoms with Crippen molar-refractivity contribution >= 4 is 35.1 Å². The number of carboxylic acids is 1. The second-order valence-corrected chi connectivity index (χ2v) is 11.7. The first-order chi connectivity index (χ1) is 19.4. The quantitative estimate of drug-likeness (QED) is 0.250. The number of aliphatic hydroxyl groups is 1. The Balaban J connectivity index is 0.00000323. The summed E-state index contributed by atoms with van der Waals surface area (Å²) in [7, 11) is 0. The number of ether oxygens (including phenoxy) is 1. The predicted molar refractivity (Wildman–Crippen MR) is 164 cm³/mol. The van der Waals surface area contributed by atoms with Gasteiger partial charge in [-0.1, -0.05) is 63.2 Å². The van der Waals surface area contributed by atoms with Gasteiger partial charge in [-0.05, 0) is 66.4 Å². The molecule has 0 saturated heterocycles. The zero-order valence-electron chi connectivity index (χ0n) is 24.2. The molecule has 1 aliphatic heterocycles. The molecule has 1 heterocycles. The number of nitrogens with zero attached hydrogens (tertiary/aromatic N) is 1. The third kappa shape index (κ3) is 8.89. The van der Waals surface area contributed by atoms with Gasteiger partial charge < -0.3 is 25.2 Å². The number of aromatic carboxylic acids is 1. The zero-order chi connectivity index (χ0) is 29.9. The molecule has 3 aromatic carbocycles. The molecule has 3 N–H and O–H groups in total. The second-order valence-electron chi connectivity index (χ2n) is 11.2. The summed E-state index contributed by atoms with van der Waals surface area (Å²) in [4.78, 5) is 39.9. The van der Waals surface area contributed by atoms with E-state index >= 15 is 0 Å². The number of benzene rings is 3. The largest absolute Gasteiger partial charge is 0.478 e. The van der Waals surface area contributed by atoms with E-state index in [1.54, 1.807) is 35.2 Å². The first kappa shape index (κ1) is 36.9. The molecule has 0 fully saturated rings. The Hall–Kier alpha value is -2.28. The van der Waals surface area contributed by atoms with Crippen LogP contribution in [-0.4, -0.2) is 47.3 Å². The van der Waals surface area contributed by atoms with Gasteiger partial charge in [-0.2, -0.15) is 0 Å². The van der Waals surface area contributed by atoms with Crippen LogP contribution in [0.4, 0.5) is 5.69 Å². The summed E-state index contributed by atoms with van der Waals surface area (Å²) in [6.45, 7) is 7.94. The third-order valence-corrected chi connectivity index (χ3v) is 7.64. The van der Waals surface area contributed by atoms with Crippen LogP contribution in [0.5, 0.6) is 0 Å². The van der Waals surface area contributed by atoms with Gasteiger partial charge in [-0.15, -0.1) is 0 Å².